The molecule has 6 heteroatoms. The molecule has 0 saturated carbocycles. The fourth-order valence-electron chi connectivity index (χ4n) is 1.70. The van der Waals surface area contributed by atoms with Gasteiger partial charge >= 0.3 is 11.9 Å². The number of hydrogen-bond donors (Lipinski definition) is 1. The first-order valence-corrected chi connectivity index (χ1v) is 5.16. The van der Waals surface area contributed by atoms with Gasteiger partial charge in [0, 0.05) is 11.6 Å². The van der Waals surface area contributed by atoms with Crippen LogP contribution in [0.25, 0.3) is 22.4 Å². The standard InChI is InChI=1S/C12H7N3O3/c16-12(17)11-15-14-10(18-11)9-8-4-2-1-3-7(8)5-6-13-9/h1-6H,(H,16,17). The highest BCUT2D eigenvalue weighted by atomic mass is 16.4. The van der Waals surface area contributed by atoms with E-state index in [9.17, 15) is 4.79 Å². The molecule has 0 aliphatic rings. The second kappa shape index (κ2) is 3.92. The molecule has 0 aliphatic heterocycles. The van der Waals surface area contributed by atoms with Crippen molar-refractivity contribution < 1.29 is 14.3 Å². The van der Waals surface area contributed by atoms with Crippen LogP contribution < -0.4 is 0 Å². The maximum atomic E-state index is 10.7. The number of hydrogen-bond acceptors (Lipinski definition) is 5. The Morgan fingerprint density at radius 1 is 1.17 bits per heavy atom. The molecule has 0 saturated heterocycles. The predicted octanol–water partition coefficient (Wildman–Crippen LogP) is 1.98. The van der Waals surface area contributed by atoms with Crippen LogP contribution in [0.4, 0.5) is 0 Å². The summed E-state index contributed by atoms with van der Waals surface area (Å²) in [6, 6.07) is 9.41. The van der Waals surface area contributed by atoms with Gasteiger partial charge in [-0.2, -0.15) is 0 Å². The zero-order valence-corrected chi connectivity index (χ0v) is 9.07. The highest BCUT2D eigenvalue weighted by Gasteiger charge is 2.16. The largest absolute Gasteiger partial charge is 0.474 e. The molecule has 18 heavy (non-hydrogen) atoms. The van der Waals surface area contributed by atoms with Gasteiger partial charge in [-0.25, -0.2) is 4.79 Å². The number of fused-ring (bicyclic) bond motifs is 1. The molecule has 3 rings (SSSR count). The third-order valence-corrected chi connectivity index (χ3v) is 2.48. The molecule has 1 aromatic carbocycles. The van der Waals surface area contributed by atoms with Gasteiger partial charge in [0.15, 0.2) is 0 Å². The van der Waals surface area contributed by atoms with Crippen LogP contribution in [0.15, 0.2) is 40.9 Å². The van der Waals surface area contributed by atoms with Crippen molar-refractivity contribution in [1.29, 1.82) is 0 Å². The lowest BCUT2D eigenvalue weighted by atomic mass is 10.1. The lowest BCUT2D eigenvalue weighted by Gasteiger charge is -2.00. The third kappa shape index (κ3) is 1.60. The molecular formula is C12H7N3O3. The quantitative estimate of drug-likeness (QED) is 0.737. The summed E-state index contributed by atoms with van der Waals surface area (Å²) in [7, 11) is 0. The molecule has 1 N–H and O–H groups in total. The van der Waals surface area contributed by atoms with Gasteiger partial charge < -0.3 is 9.52 Å². The van der Waals surface area contributed by atoms with E-state index in [1.165, 1.54) is 0 Å². The second-order valence-corrected chi connectivity index (χ2v) is 3.60. The number of nitrogens with zero attached hydrogens (tertiary/aromatic N) is 3. The highest BCUT2D eigenvalue weighted by molar-refractivity contribution is 5.92. The molecule has 2 aromatic heterocycles. The van der Waals surface area contributed by atoms with Crippen molar-refractivity contribution in [2.24, 2.45) is 0 Å². The van der Waals surface area contributed by atoms with Crippen LogP contribution in [0.5, 0.6) is 0 Å². The lowest BCUT2D eigenvalue weighted by Crippen LogP contribution is -1.95. The lowest BCUT2D eigenvalue weighted by molar-refractivity contribution is 0.0654. The fourth-order valence-corrected chi connectivity index (χ4v) is 1.70. The zero-order chi connectivity index (χ0) is 12.5. The van der Waals surface area contributed by atoms with Crippen LogP contribution in [-0.2, 0) is 0 Å². The summed E-state index contributed by atoms with van der Waals surface area (Å²) in [5, 5.41) is 17.7. The Kier molecular flexibility index (Phi) is 2.26. The van der Waals surface area contributed by atoms with E-state index < -0.39 is 11.9 Å². The Hall–Kier alpha value is -2.76. The summed E-state index contributed by atoms with van der Waals surface area (Å²) in [4.78, 5) is 14.9. The van der Waals surface area contributed by atoms with E-state index in [4.69, 9.17) is 9.52 Å². The molecule has 0 unspecified atom stereocenters. The fraction of sp³-hybridized carbons (Fsp3) is 0. The average Bonchev–Trinajstić information content (AvgIpc) is 2.87. The number of carboxylic acid groups (broad SMARTS) is 1. The van der Waals surface area contributed by atoms with E-state index in [0.29, 0.717) is 5.69 Å². The maximum absolute atomic E-state index is 10.7. The molecule has 0 fully saturated rings. The Morgan fingerprint density at radius 3 is 2.78 bits per heavy atom. The number of carbonyl (C=O) groups is 1. The van der Waals surface area contributed by atoms with Crippen molar-refractivity contribution in [2.75, 3.05) is 0 Å². The number of rotatable bonds is 2. The number of carboxylic acids is 1. The van der Waals surface area contributed by atoms with Gasteiger partial charge in [-0.05, 0) is 11.5 Å². The molecule has 2 heterocycles. The van der Waals surface area contributed by atoms with Gasteiger partial charge in [-0.1, -0.05) is 24.3 Å². The topological polar surface area (TPSA) is 89.1 Å². The molecular weight excluding hydrogens is 234 g/mol. The first kappa shape index (κ1) is 10.4. The molecule has 0 amide bonds. The van der Waals surface area contributed by atoms with Gasteiger partial charge in [-0.15, -0.1) is 10.2 Å². The van der Waals surface area contributed by atoms with Crippen LogP contribution in [0.2, 0.25) is 0 Å². The van der Waals surface area contributed by atoms with E-state index in [1.807, 2.05) is 30.3 Å². The molecule has 3 aromatic rings. The highest BCUT2D eigenvalue weighted by Crippen LogP contribution is 2.24. The van der Waals surface area contributed by atoms with Gasteiger partial charge in [0.1, 0.15) is 5.69 Å². The summed E-state index contributed by atoms with van der Waals surface area (Å²) in [5.41, 5.74) is 0.480. The van der Waals surface area contributed by atoms with Crippen LogP contribution >= 0.6 is 0 Å². The van der Waals surface area contributed by atoms with Crippen LogP contribution in [0, 0.1) is 0 Å². The Morgan fingerprint density at radius 2 is 2.00 bits per heavy atom. The Balaban J connectivity index is 2.21. The molecule has 0 radical (unpaired) electrons. The van der Waals surface area contributed by atoms with Crippen molar-refractivity contribution in [3.05, 3.63) is 42.4 Å². The Labute approximate surface area is 101 Å². The van der Waals surface area contributed by atoms with E-state index in [0.717, 1.165) is 10.8 Å². The minimum absolute atomic E-state index is 0.101. The van der Waals surface area contributed by atoms with E-state index in [1.54, 1.807) is 6.20 Å². The minimum atomic E-state index is -1.26. The van der Waals surface area contributed by atoms with E-state index in [-0.39, 0.29) is 5.89 Å². The molecule has 6 nitrogen and oxygen atoms in total. The summed E-state index contributed by atoms with van der Waals surface area (Å²) in [5.74, 6) is -1.60. The number of pyridine rings is 1. The van der Waals surface area contributed by atoms with E-state index in [2.05, 4.69) is 15.2 Å². The van der Waals surface area contributed by atoms with Crippen LogP contribution in [0.1, 0.15) is 10.7 Å². The summed E-state index contributed by atoms with van der Waals surface area (Å²) >= 11 is 0. The van der Waals surface area contributed by atoms with Gasteiger partial charge in [0.05, 0.1) is 0 Å². The molecule has 0 atom stereocenters. The van der Waals surface area contributed by atoms with Crippen molar-refractivity contribution in [3.63, 3.8) is 0 Å². The monoisotopic (exact) mass is 241 g/mol. The smallest absolute Gasteiger partial charge is 0.393 e. The van der Waals surface area contributed by atoms with Crippen LogP contribution in [-0.4, -0.2) is 26.3 Å². The van der Waals surface area contributed by atoms with Gasteiger partial charge in [-0.3, -0.25) is 4.98 Å². The van der Waals surface area contributed by atoms with Crippen molar-refractivity contribution >= 4 is 16.7 Å². The van der Waals surface area contributed by atoms with Crippen molar-refractivity contribution in [3.8, 4) is 11.6 Å². The third-order valence-electron chi connectivity index (χ3n) is 2.48. The van der Waals surface area contributed by atoms with Crippen molar-refractivity contribution in [2.45, 2.75) is 0 Å². The van der Waals surface area contributed by atoms with Crippen LogP contribution in [0.3, 0.4) is 0 Å². The first-order valence-electron chi connectivity index (χ1n) is 5.16. The average molecular weight is 241 g/mol. The minimum Gasteiger partial charge on any atom is -0.474 e. The molecule has 0 aliphatic carbocycles. The van der Waals surface area contributed by atoms with Gasteiger partial charge in [0.25, 0.3) is 5.89 Å². The normalized spacial score (nSPS) is 10.7. The number of aromatic carboxylic acids is 1. The molecule has 0 bridgehead atoms. The predicted molar refractivity (Wildman–Crippen MR) is 62.0 cm³/mol. The number of aromatic nitrogens is 3. The maximum Gasteiger partial charge on any atom is 0.393 e. The van der Waals surface area contributed by atoms with E-state index >= 15 is 0 Å². The molecule has 88 valence electrons. The summed E-state index contributed by atoms with van der Waals surface area (Å²) in [6.07, 6.45) is 1.61. The zero-order valence-electron chi connectivity index (χ0n) is 9.07. The number of benzene rings is 1. The molecule has 0 spiro atoms. The summed E-state index contributed by atoms with van der Waals surface area (Å²) in [6.45, 7) is 0. The van der Waals surface area contributed by atoms with Gasteiger partial charge in [0.2, 0.25) is 0 Å². The van der Waals surface area contributed by atoms with Crippen molar-refractivity contribution in [1.82, 2.24) is 15.2 Å². The first-order chi connectivity index (χ1) is 8.75. The second-order valence-electron chi connectivity index (χ2n) is 3.60. The SMILES string of the molecule is O=C(O)c1nnc(-c2nccc3ccccc23)o1. The summed E-state index contributed by atoms with van der Waals surface area (Å²) < 4.78 is 5.05. The Bertz CT molecular complexity index is 731.